The van der Waals surface area contributed by atoms with Gasteiger partial charge in [-0.3, -0.25) is 0 Å². The highest BCUT2D eigenvalue weighted by molar-refractivity contribution is 7.89. The van der Waals surface area contributed by atoms with Crippen molar-refractivity contribution in [2.24, 2.45) is 0 Å². The van der Waals surface area contributed by atoms with Gasteiger partial charge in [-0.15, -0.1) is 0 Å². The number of benzene rings is 1. The molecule has 0 bridgehead atoms. The van der Waals surface area contributed by atoms with Crippen LogP contribution in [0.15, 0.2) is 23.1 Å². The Morgan fingerprint density at radius 2 is 1.90 bits per heavy atom. The van der Waals surface area contributed by atoms with E-state index in [0.717, 1.165) is 18.2 Å². The number of hydrogen-bond acceptors (Lipinski definition) is 3. The van der Waals surface area contributed by atoms with E-state index in [4.69, 9.17) is 5.11 Å². The first-order chi connectivity index (χ1) is 9.61. The number of aliphatic hydroxyl groups excluding tert-OH is 1. The van der Waals surface area contributed by atoms with Crippen LogP contribution in [0.5, 0.6) is 0 Å². The van der Waals surface area contributed by atoms with Gasteiger partial charge in [-0.2, -0.15) is 17.5 Å². The van der Waals surface area contributed by atoms with Gasteiger partial charge in [0.05, 0.1) is 6.61 Å². The lowest BCUT2D eigenvalue weighted by Gasteiger charge is -2.23. The van der Waals surface area contributed by atoms with E-state index >= 15 is 0 Å². The monoisotopic (exact) mass is 329 g/mol. The zero-order chi connectivity index (χ0) is 16.3. The molecule has 0 unspecified atom stereocenters. The maximum absolute atomic E-state index is 13.7. The van der Waals surface area contributed by atoms with Crippen LogP contribution in [-0.4, -0.2) is 37.1 Å². The third-order valence-corrected chi connectivity index (χ3v) is 4.48. The second-order valence-electron chi connectivity index (χ2n) is 4.38. The lowest BCUT2D eigenvalue weighted by molar-refractivity contribution is -0.136. The Balaban J connectivity index is 3.28. The fourth-order valence-electron chi connectivity index (χ4n) is 1.72. The zero-order valence-corrected chi connectivity index (χ0v) is 12.0. The summed E-state index contributed by atoms with van der Waals surface area (Å²) in [6.07, 6.45) is -4.58. The molecule has 0 spiro atoms. The Bertz CT molecular complexity index is 587. The molecule has 0 fully saturated rings. The van der Waals surface area contributed by atoms with Crippen molar-refractivity contribution < 1.29 is 31.1 Å². The summed E-state index contributed by atoms with van der Waals surface area (Å²) in [6.45, 7) is -1.11. The van der Waals surface area contributed by atoms with Crippen LogP contribution in [0.1, 0.15) is 18.9 Å². The van der Waals surface area contributed by atoms with Gasteiger partial charge >= 0.3 is 6.18 Å². The fraction of sp³-hybridized carbons (Fsp3) is 0.500. The van der Waals surface area contributed by atoms with Crippen molar-refractivity contribution in [2.45, 2.75) is 31.0 Å². The number of hydrogen-bond donors (Lipinski definition) is 1. The summed E-state index contributed by atoms with van der Waals surface area (Å²) in [5.41, 5.74) is 0.0958. The molecule has 0 aliphatic heterocycles. The molecule has 0 saturated carbocycles. The predicted octanol–water partition coefficient (Wildman–Crippen LogP) is 2.28. The molecular formula is C12H15F4NO3S. The normalized spacial score (nSPS) is 12.9. The average molecular weight is 329 g/mol. The van der Waals surface area contributed by atoms with E-state index in [9.17, 15) is 26.0 Å². The molecule has 0 saturated heterocycles. The van der Waals surface area contributed by atoms with Crippen LogP contribution in [0.2, 0.25) is 0 Å². The van der Waals surface area contributed by atoms with Crippen LogP contribution in [-0.2, 0) is 16.6 Å². The van der Waals surface area contributed by atoms with E-state index in [1.54, 1.807) is 0 Å². The summed E-state index contributed by atoms with van der Waals surface area (Å²) in [6, 6.07) is 2.79. The average Bonchev–Trinajstić information content (AvgIpc) is 2.37. The van der Waals surface area contributed by atoms with Gasteiger partial charge in [-0.25, -0.2) is 12.8 Å². The molecule has 0 radical (unpaired) electrons. The molecule has 120 valence electrons. The van der Waals surface area contributed by atoms with E-state index in [1.165, 1.54) is 6.92 Å². The van der Waals surface area contributed by atoms with Gasteiger partial charge in [0.15, 0.2) is 0 Å². The van der Waals surface area contributed by atoms with Crippen molar-refractivity contribution in [1.82, 2.24) is 4.31 Å². The van der Waals surface area contributed by atoms with Gasteiger partial charge in [-0.05, 0) is 24.1 Å². The smallest absolute Gasteiger partial charge is 0.392 e. The van der Waals surface area contributed by atoms with Gasteiger partial charge in [0.1, 0.15) is 17.3 Å². The summed E-state index contributed by atoms with van der Waals surface area (Å²) in [5, 5.41) is 8.94. The summed E-state index contributed by atoms with van der Waals surface area (Å²) in [5.74, 6) is -1.16. The van der Waals surface area contributed by atoms with Crippen LogP contribution >= 0.6 is 0 Å². The Morgan fingerprint density at radius 1 is 1.29 bits per heavy atom. The second-order valence-corrected chi connectivity index (χ2v) is 6.28. The molecule has 0 aromatic heterocycles. The van der Waals surface area contributed by atoms with Crippen LogP contribution in [0.25, 0.3) is 0 Å². The molecule has 21 heavy (non-hydrogen) atoms. The van der Waals surface area contributed by atoms with Crippen molar-refractivity contribution in [3.63, 3.8) is 0 Å². The van der Waals surface area contributed by atoms with Gasteiger partial charge < -0.3 is 5.11 Å². The highest BCUT2D eigenvalue weighted by atomic mass is 32.2. The molecule has 9 heteroatoms. The molecule has 0 aliphatic rings. The molecule has 0 aliphatic carbocycles. The number of alkyl halides is 3. The molecule has 1 aromatic rings. The second kappa shape index (κ2) is 6.71. The van der Waals surface area contributed by atoms with Crippen LogP contribution in [0, 0.1) is 5.82 Å². The lowest BCUT2D eigenvalue weighted by atomic mass is 10.2. The minimum atomic E-state index is -4.73. The Kier molecular flexibility index (Phi) is 5.71. The number of sulfonamides is 1. The van der Waals surface area contributed by atoms with Gasteiger partial charge in [0.2, 0.25) is 10.0 Å². The highest BCUT2D eigenvalue weighted by Gasteiger charge is 2.37. The predicted molar refractivity (Wildman–Crippen MR) is 67.4 cm³/mol. The fourth-order valence-corrected chi connectivity index (χ4v) is 3.35. The van der Waals surface area contributed by atoms with E-state index < -0.39 is 40.1 Å². The molecule has 0 amide bonds. The van der Waals surface area contributed by atoms with E-state index in [1.807, 2.05) is 0 Å². The molecule has 1 rings (SSSR count). The quantitative estimate of drug-likeness (QED) is 0.815. The summed E-state index contributed by atoms with van der Waals surface area (Å²) < 4.78 is 75.7. The Hall–Kier alpha value is -1.19. The standard InChI is InChI=1S/C12H15F4NO3S/c1-2-5-17(8-12(14,15)16)21(19,20)11-6-9(7-18)3-4-10(11)13/h3-4,6,18H,2,5,7-8H2,1H3. The van der Waals surface area contributed by atoms with Gasteiger partial charge in [0.25, 0.3) is 0 Å². The largest absolute Gasteiger partial charge is 0.402 e. The lowest BCUT2D eigenvalue weighted by Crippen LogP contribution is -2.39. The number of aliphatic hydroxyl groups is 1. The first-order valence-corrected chi connectivity index (χ1v) is 7.52. The Labute approximate surface area is 120 Å². The van der Waals surface area contributed by atoms with Gasteiger partial charge in [-0.1, -0.05) is 13.0 Å². The minimum absolute atomic E-state index is 0.0958. The molecular weight excluding hydrogens is 314 g/mol. The topological polar surface area (TPSA) is 57.6 Å². The number of halogens is 4. The maximum Gasteiger partial charge on any atom is 0.402 e. The van der Waals surface area contributed by atoms with E-state index in [2.05, 4.69) is 0 Å². The summed E-state index contributed by atoms with van der Waals surface area (Å²) >= 11 is 0. The van der Waals surface area contributed by atoms with Crippen molar-refractivity contribution in [1.29, 1.82) is 0 Å². The zero-order valence-electron chi connectivity index (χ0n) is 11.2. The molecule has 1 N–H and O–H groups in total. The molecule has 0 heterocycles. The van der Waals surface area contributed by atoms with E-state index in [-0.39, 0.29) is 22.8 Å². The molecule has 1 aromatic carbocycles. The van der Waals surface area contributed by atoms with Crippen molar-refractivity contribution in [2.75, 3.05) is 13.1 Å². The first-order valence-electron chi connectivity index (χ1n) is 6.08. The first kappa shape index (κ1) is 17.9. The number of rotatable bonds is 6. The van der Waals surface area contributed by atoms with Crippen molar-refractivity contribution >= 4 is 10.0 Å². The third-order valence-electron chi connectivity index (χ3n) is 2.62. The Morgan fingerprint density at radius 3 is 2.38 bits per heavy atom. The van der Waals surface area contributed by atoms with Crippen molar-refractivity contribution in [3.05, 3.63) is 29.6 Å². The van der Waals surface area contributed by atoms with E-state index in [0.29, 0.717) is 0 Å². The number of nitrogens with zero attached hydrogens (tertiary/aromatic N) is 1. The third kappa shape index (κ3) is 4.65. The van der Waals surface area contributed by atoms with Crippen LogP contribution < -0.4 is 0 Å². The summed E-state index contributed by atoms with van der Waals surface area (Å²) in [7, 11) is -4.63. The minimum Gasteiger partial charge on any atom is -0.392 e. The van der Waals surface area contributed by atoms with Crippen LogP contribution in [0.4, 0.5) is 17.6 Å². The van der Waals surface area contributed by atoms with Gasteiger partial charge in [0, 0.05) is 6.54 Å². The van der Waals surface area contributed by atoms with Crippen molar-refractivity contribution in [3.8, 4) is 0 Å². The molecule has 0 atom stereocenters. The molecule has 4 nitrogen and oxygen atoms in total. The SMILES string of the molecule is CCCN(CC(F)(F)F)S(=O)(=O)c1cc(CO)ccc1F. The van der Waals surface area contributed by atoms with Crippen LogP contribution in [0.3, 0.4) is 0 Å². The summed E-state index contributed by atoms with van der Waals surface area (Å²) in [4.78, 5) is -0.869. The highest BCUT2D eigenvalue weighted by Crippen LogP contribution is 2.25. The maximum atomic E-state index is 13.7.